The lowest BCUT2D eigenvalue weighted by molar-refractivity contribution is 0.0941. The number of rotatable bonds is 8. The number of fused-ring (bicyclic) bond motifs is 1. The van der Waals surface area contributed by atoms with Gasteiger partial charge in [0.2, 0.25) is 0 Å². The first-order valence-corrected chi connectivity index (χ1v) is 11.4. The van der Waals surface area contributed by atoms with Crippen molar-refractivity contribution in [1.29, 1.82) is 0 Å². The van der Waals surface area contributed by atoms with Crippen molar-refractivity contribution in [2.24, 2.45) is 0 Å². The zero-order valence-corrected chi connectivity index (χ0v) is 18.8. The average Bonchev–Trinajstić information content (AvgIpc) is 3.21. The van der Waals surface area contributed by atoms with Crippen LogP contribution in [0.4, 0.5) is 4.39 Å². The van der Waals surface area contributed by atoms with Crippen LogP contribution in [0.25, 0.3) is 11.0 Å². The lowest BCUT2D eigenvalue weighted by Gasteiger charge is -2.25. The number of nitrogens with one attached hydrogen (secondary N) is 2. The summed E-state index contributed by atoms with van der Waals surface area (Å²) in [6.45, 7) is 0.375. The molecule has 0 aliphatic carbocycles. The van der Waals surface area contributed by atoms with Crippen molar-refractivity contribution in [1.82, 2.24) is 20.2 Å². The Balaban J connectivity index is 1.44. The number of para-hydroxylation sites is 2. The minimum absolute atomic E-state index is 0.133. The predicted molar refractivity (Wildman–Crippen MR) is 127 cm³/mol. The minimum atomic E-state index is -0.284. The van der Waals surface area contributed by atoms with E-state index >= 15 is 0 Å². The van der Waals surface area contributed by atoms with Crippen molar-refractivity contribution in [3.63, 3.8) is 0 Å². The molecule has 0 radical (unpaired) electrons. The number of H-pyrrole nitrogens is 1. The summed E-state index contributed by atoms with van der Waals surface area (Å²) in [4.78, 5) is 22.9. The van der Waals surface area contributed by atoms with Gasteiger partial charge in [-0.05, 0) is 55.6 Å². The van der Waals surface area contributed by atoms with E-state index in [9.17, 15) is 9.18 Å². The first-order valence-electron chi connectivity index (χ1n) is 10.4. The van der Waals surface area contributed by atoms with Crippen LogP contribution in [0.15, 0.2) is 78.0 Å². The van der Waals surface area contributed by atoms with E-state index in [2.05, 4.69) is 15.3 Å². The van der Waals surface area contributed by atoms with Crippen molar-refractivity contribution >= 4 is 28.7 Å². The Bertz CT molecular complexity index is 1190. The van der Waals surface area contributed by atoms with E-state index in [1.807, 2.05) is 73.6 Å². The van der Waals surface area contributed by atoms with Gasteiger partial charge in [-0.25, -0.2) is 9.37 Å². The quantitative estimate of drug-likeness (QED) is 0.371. The number of halogens is 1. The van der Waals surface area contributed by atoms with E-state index in [-0.39, 0.29) is 17.8 Å². The topological polar surface area (TPSA) is 61.0 Å². The summed E-state index contributed by atoms with van der Waals surface area (Å²) >= 11 is 1.56. The zero-order valence-electron chi connectivity index (χ0n) is 18.0. The van der Waals surface area contributed by atoms with Crippen LogP contribution in [0.1, 0.15) is 27.5 Å². The number of hydrogen-bond acceptors (Lipinski definition) is 4. The molecule has 1 atom stereocenters. The third-order valence-electron chi connectivity index (χ3n) is 5.31. The van der Waals surface area contributed by atoms with Gasteiger partial charge in [0.1, 0.15) is 5.82 Å². The van der Waals surface area contributed by atoms with Gasteiger partial charge in [-0.15, -0.1) is 0 Å². The molecule has 1 heterocycles. The summed E-state index contributed by atoms with van der Waals surface area (Å²) in [7, 11) is 3.83. The second kappa shape index (κ2) is 9.97. The molecule has 164 valence electrons. The Morgan fingerprint density at radius 2 is 1.88 bits per heavy atom. The molecule has 1 unspecified atom stereocenters. The first kappa shape index (κ1) is 22.0. The van der Waals surface area contributed by atoms with Crippen molar-refractivity contribution < 1.29 is 9.18 Å². The highest BCUT2D eigenvalue weighted by Crippen LogP contribution is 2.25. The van der Waals surface area contributed by atoms with Crippen LogP contribution in [0, 0.1) is 5.82 Å². The third-order valence-corrected chi connectivity index (χ3v) is 6.23. The van der Waals surface area contributed by atoms with E-state index < -0.39 is 0 Å². The number of benzene rings is 3. The standard InChI is InChI=1S/C25H25FN4OS/c1-30(2)23(17-9-7-10-19(26)14-17)15-27-24(31)20-11-4-3-8-18(20)16-32-25-28-21-12-5-6-13-22(21)29-25/h3-14,23H,15-16H2,1-2H3,(H,27,31)(H,28,29). The van der Waals surface area contributed by atoms with Crippen LogP contribution >= 0.6 is 11.8 Å². The molecule has 2 N–H and O–H groups in total. The van der Waals surface area contributed by atoms with Crippen LogP contribution in [0.3, 0.4) is 0 Å². The highest BCUT2D eigenvalue weighted by atomic mass is 32.2. The molecule has 4 aromatic rings. The average molecular weight is 449 g/mol. The van der Waals surface area contributed by atoms with E-state index in [1.165, 1.54) is 12.1 Å². The van der Waals surface area contributed by atoms with Crippen molar-refractivity contribution in [2.75, 3.05) is 20.6 Å². The number of likely N-dealkylation sites (N-methyl/N-ethyl adjacent to an activating group) is 1. The maximum absolute atomic E-state index is 13.7. The normalized spacial score (nSPS) is 12.2. The minimum Gasteiger partial charge on any atom is -0.350 e. The molecule has 0 fully saturated rings. The third kappa shape index (κ3) is 5.18. The van der Waals surface area contributed by atoms with Crippen LogP contribution in [-0.2, 0) is 5.75 Å². The number of aromatic nitrogens is 2. The van der Waals surface area contributed by atoms with Gasteiger partial charge in [0, 0.05) is 17.9 Å². The molecule has 1 aromatic heterocycles. The lowest BCUT2D eigenvalue weighted by Crippen LogP contribution is -2.35. The molecule has 0 aliphatic heterocycles. The second-order valence-electron chi connectivity index (χ2n) is 7.75. The first-order chi connectivity index (χ1) is 15.5. The summed E-state index contributed by atoms with van der Waals surface area (Å²) in [5.41, 5.74) is 4.31. The predicted octanol–water partition coefficient (Wildman–Crippen LogP) is 5.03. The lowest BCUT2D eigenvalue weighted by atomic mass is 10.0. The summed E-state index contributed by atoms with van der Waals surface area (Å²) < 4.78 is 13.7. The van der Waals surface area contributed by atoms with E-state index in [0.717, 1.165) is 27.3 Å². The number of amides is 1. The number of hydrogen-bond donors (Lipinski definition) is 2. The second-order valence-corrected chi connectivity index (χ2v) is 8.71. The number of thioether (sulfide) groups is 1. The molecule has 0 saturated carbocycles. The molecule has 0 spiro atoms. The Labute approximate surface area is 191 Å². The smallest absolute Gasteiger partial charge is 0.251 e. The molecule has 1 amide bonds. The van der Waals surface area contributed by atoms with Gasteiger partial charge in [-0.2, -0.15) is 0 Å². The van der Waals surface area contributed by atoms with Crippen LogP contribution in [-0.4, -0.2) is 41.4 Å². The molecule has 3 aromatic carbocycles. The molecular formula is C25H25FN4OS. The summed E-state index contributed by atoms with van der Waals surface area (Å²) in [6, 6.07) is 21.8. The Morgan fingerprint density at radius 3 is 2.66 bits per heavy atom. The summed E-state index contributed by atoms with van der Waals surface area (Å²) in [5.74, 6) is 0.187. The highest BCUT2D eigenvalue weighted by molar-refractivity contribution is 7.98. The van der Waals surface area contributed by atoms with Crippen LogP contribution in [0.5, 0.6) is 0 Å². The van der Waals surface area contributed by atoms with Crippen molar-refractivity contribution in [2.45, 2.75) is 17.0 Å². The highest BCUT2D eigenvalue weighted by Gasteiger charge is 2.18. The van der Waals surface area contributed by atoms with Crippen molar-refractivity contribution in [3.05, 3.63) is 95.3 Å². The van der Waals surface area contributed by atoms with Gasteiger partial charge in [-0.3, -0.25) is 4.79 Å². The van der Waals surface area contributed by atoms with E-state index in [4.69, 9.17) is 0 Å². The fourth-order valence-corrected chi connectivity index (χ4v) is 4.50. The Kier molecular flexibility index (Phi) is 6.87. The van der Waals surface area contributed by atoms with Gasteiger partial charge in [0.25, 0.3) is 5.91 Å². The maximum Gasteiger partial charge on any atom is 0.251 e. The van der Waals surface area contributed by atoms with Crippen LogP contribution < -0.4 is 5.32 Å². The molecular weight excluding hydrogens is 423 g/mol. The Hall–Kier alpha value is -3.16. The van der Waals surface area contributed by atoms with Gasteiger partial charge in [0.15, 0.2) is 5.16 Å². The fourth-order valence-electron chi connectivity index (χ4n) is 3.61. The zero-order chi connectivity index (χ0) is 22.5. The van der Waals surface area contributed by atoms with Gasteiger partial charge in [-0.1, -0.05) is 54.2 Å². The number of imidazole rings is 1. The van der Waals surface area contributed by atoms with Gasteiger partial charge < -0.3 is 15.2 Å². The van der Waals surface area contributed by atoms with Gasteiger partial charge in [0.05, 0.1) is 17.1 Å². The molecule has 4 rings (SSSR count). The summed E-state index contributed by atoms with van der Waals surface area (Å²) in [6.07, 6.45) is 0. The van der Waals surface area contributed by atoms with Gasteiger partial charge >= 0.3 is 0 Å². The molecule has 0 aliphatic rings. The summed E-state index contributed by atoms with van der Waals surface area (Å²) in [5, 5.41) is 3.84. The maximum atomic E-state index is 13.7. The fraction of sp³-hybridized carbons (Fsp3) is 0.200. The molecule has 0 bridgehead atoms. The van der Waals surface area contributed by atoms with Crippen LogP contribution in [0.2, 0.25) is 0 Å². The van der Waals surface area contributed by atoms with E-state index in [0.29, 0.717) is 17.9 Å². The SMILES string of the molecule is CN(C)C(CNC(=O)c1ccccc1CSc1nc2ccccc2[nH]1)c1cccc(F)c1. The number of carbonyl (C=O) groups is 1. The molecule has 0 saturated heterocycles. The number of aromatic amines is 1. The van der Waals surface area contributed by atoms with Crippen molar-refractivity contribution in [3.8, 4) is 0 Å². The molecule has 7 heteroatoms. The number of carbonyl (C=O) groups excluding carboxylic acids is 1. The number of nitrogens with zero attached hydrogens (tertiary/aromatic N) is 2. The largest absolute Gasteiger partial charge is 0.350 e. The Morgan fingerprint density at radius 1 is 1.09 bits per heavy atom. The molecule has 5 nitrogen and oxygen atoms in total. The monoisotopic (exact) mass is 448 g/mol. The van der Waals surface area contributed by atoms with E-state index in [1.54, 1.807) is 17.8 Å². The molecule has 32 heavy (non-hydrogen) atoms.